The zero-order valence-corrected chi connectivity index (χ0v) is 11.1. The summed E-state index contributed by atoms with van der Waals surface area (Å²) < 4.78 is 5.10. The van der Waals surface area contributed by atoms with Gasteiger partial charge in [-0.1, -0.05) is 29.8 Å². The number of hydrogen-bond acceptors (Lipinski definition) is 2. The zero-order valence-electron chi connectivity index (χ0n) is 10.4. The molecule has 98 valence electrons. The molecule has 0 saturated carbocycles. The number of halogens is 1. The minimum atomic E-state index is -0.878. The third-order valence-corrected chi connectivity index (χ3v) is 3.05. The molecule has 0 saturated heterocycles. The second-order valence-electron chi connectivity index (χ2n) is 4.10. The van der Waals surface area contributed by atoms with E-state index in [4.69, 9.17) is 21.4 Å². The van der Waals surface area contributed by atoms with E-state index in [2.05, 4.69) is 0 Å². The van der Waals surface area contributed by atoms with Crippen molar-refractivity contribution in [3.8, 4) is 16.9 Å². The van der Waals surface area contributed by atoms with E-state index in [1.54, 1.807) is 19.2 Å². The van der Waals surface area contributed by atoms with E-state index in [9.17, 15) is 4.79 Å². The van der Waals surface area contributed by atoms with Crippen LogP contribution >= 0.6 is 11.6 Å². The van der Waals surface area contributed by atoms with Crippen LogP contribution in [0.1, 0.15) is 5.56 Å². The molecule has 4 heteroatoms. The van der Waals surface area contributed by atoms with Gasteiger partial charge in [0.2, 0.25) is 0 Å². The number of rotatable bonds is 4. The summed E-state index contributed by atoms with van der Waals surface area (Å²) in [6.07, 6.45) is -0.0536. The maximum absolute atomic E-state index is 10.9. The maximum atomic E-state index is 10.9. The summed E-state index contributed by atoms with van der Waals surface area (Å²) in [4.78, 5) is 10.9. The Balaban J connectivity index is 2.44. The van der Waals surface area contributed by atoms with Crippen molar-refractivity contribution < 1.29 is 14.6 Å². The number of hydrogen-bond donors (Lipinski definition) is 1. The molecule has 0 aliphatic carbocycles. The Morgan fingerprint density at radius 3 is 2.47 bits per heavy atom. The molecule has 2 aromatic carbocycles. The summed E-state index contributed by atoms with van der Waals surface area (Å²) in [6, 6.07) is 12.8. The van der Waals surface area contributed by atoms with Gasteiger partial charge < -0.3 is 9.84 Å². The highest BCUT2D eigenvalue weighted by Crippen LogP contribution is 2.28. The highest BCUT2D eigenvalue weighted by Gasteiger charge is 2.09. The lowest BCUT2D eigenvalue weighted by atomic mass is 9.97. The fraction of sp³-hybridized carbons (Fsp3) is 0.133. The van der Waals surface area contributed by atoms with Crippen molar-refractivity contribution in [2.75, 3.05) is 7.11 Å². The Morgan fingerprint density at radius 2 is 1.89 bits per heavy atom. The number of benzene rings is 2. The summed E-state index contributed by atoms with van der Waals surface area (Å²) >= 11 is 5.92. The van der Waals surface area contributed by atoms with Crippen molar-refractivity contribution in [2.24, 2.45) is 0 Å². The number of carboxylic acid groups (broad SMARTS) is 1. The van der Waals surface area contributed by atoms with Crippen molar-refractivity contribution in [2.45, 2.75) is 6.42 Å². The Bertz CT molecular complexity index is 591. The lowest BCUT2D eigenvalue weighted by Gasteiger charge is -2.09. The summed E-state index contributed by atoms with van der Waals surface area (Å²) in [6.45, 7) is 0. The Morgan fingerprint density at radius 1 is 1.21 bits per heavy atom. The van der Waals surface area contributed by atoms with Crippen molar-refractivity contribution in [3.63, 3.8) is 0 Å². The summed E-state index contributed by atoms with van der Waals surface area (Å²) in [7, 11) is 1.60. The fourth-order valence-electron chi connectivity index (χ4n) is 1.92. The average molecular weight is 277 g/mol. The van der Waals surface area contributed by atoms with Gasteiger partial charge in [-0.15, -0.1) is 0 Å². The van der Waals surface area contributed by atoms with Crippen LogP contribution in [0.3, 0.4) is 0 Å². The third-order valence-electron chi connectivity index (χ3n) is 2.81. The van der Waals surface area contributed by atoms with Gasteiger partial charge in [0.25, 0.3) is 0 Å². The van der Waals surface area contributed by atoms with Crippen LogP contribution in [0.15, 0.2) is 42.5 Å². The van der Waals surface area contributed by atoms with Gasteiger partial charge in [-0.05, 0) is 41.0 Å². The first-order chi connectivity index (χ1) is 9.10. The molecule has 0 amide bonds. The van der Waals surface area contributed by atoms with Gasteiger partial charge in [-0.25, -0.2) is 0 Å². The van der Waals surface area contributed by atoms with Crippen molar-refractivity contribution >= 4 is 17.6 Å². The molecule has 2 rings (SSSR count). The monoisotopic (exact) mass is 276 g/mol. The summed E-state index contributed by atoms with van der Waals surface area (Å²) in [5.41, 5.74) is 2.51. The molecule has 0 fully saturated rings. The van der Waals surface area contributed by atoms with Gasteiger partial charge >= 0.3 is 5.97 Å². The number of carboxylic acids is 1. The number of aliphatic carboxylic acids is 1. The van der Waals surface area contributed by atoms with Crippen LogP contribution in [0.5, 0.6) is 5.75 Å². The van der Waals surface area contributed by atoms with Gasteiger partial charge in [0.05, 0.1) is 13.5 Å². The third kappa shape index (κ3) is 3.26. The second kappa shape index (κ2) is 5.76. The minimum absolute atomic E-state index is 0.0536. The smallest absolute Gasteiger partial charge is 0.307 e. The predicted molar refractivity (Wildman–Crippen MR) is 74.8 cm³/mol. The van der Waals surface area contributed by atoms with Crippen LogP contribution < -0.4 is 4.74 Å². The molecular formula is C15H13ClO3. The first kappa shape index (κ1) is 13.4. The van der Waals surface area contributed by atoms with E-state index in [1.807, 2.05) is 30.3 Å². The molecule has 3 nitrogen and oxygen atoms in total. The molecule has 1 N–H and O–H groups in total. The Kier molecular flexibility index (Phi) is 4.07. The molecule has 2 aromatic rings. The normalized spacial score (nSPS) is 10.2. The van der Waals surface area contributed by atoms with Crippen molar-refractivity contribution in [3.05, 3.63) is 53.1 Å². The van der Waals surface area contributed by atoms with Crippen LogP contribution in [-0.4, -0.2) is 18.2 Å². The SMILES string of the molecule is COc1ccc(-c2ccc(Cl)cc2CC(=O)O)cc1. The minimum Gasteiger partial charge on any atom is -0.497 e. The number of carbonyl (C=O) groups is 1. The highest BCUT2D eigenvalue weighted by atomic mass is 35.5. The number of methoxy groups -OCH3 is 1. The molecule has 0 spiro atoms. The van der Waals surface area contributed by atoms with E-state index in [-0.39, 0.29) is 6.42 Å². The quantitative estimate of drug-likeness (QED) is 0.927. The van der Waals surface area contributed by atoms with Gasteiger partial charge in [0, 0.05) is 5.02 Å². The second-order valence-corrected chi connectivity index (χ2v) is 4.54. The summed E-state index contributed by atoms with van der Waals surface area (Å²) in [5.74, 6) is -0.116. The van der Waals surface area contributed by atoms with Gasteiger partial charge in [-0.2, -0.15) is 0 Å². The Hall–Kier alpha value is -2.00. The molecule has 0 aromatic heterocycles. The number of ether oxygens (including phenoxy) is 1. The molecule has 0 aliphatic heterocycles. The van der Waals surface area contributed by atoms with Crippen molar-refractivity contribution in [1.82, 2.24) is 0 Å². The molecular weight excluding hydrogens is 264 g/mol. The van der Waals surface area contributed by atoms with E-state index in [1.165, 1.54) is 0 Å². The molecule has 0 bridgehead atoms. The highest BCUT2D eigenvalue weighted by molar-refractivity contribution is 6.30. The van der Waals surface area contributed by atoms with E-state index >= 15 is 0 Å². The van der Waals surface area contributed by atoms with Crippen LogP contribution in [-0.2, 0) is 11.2 Å². The van der Waals surface area contributed by atoms with Crippen LogP contribution in [0, 0.1) is 0 Å². The first-order valence-electron chi connectivity index (χ1n) is 5.75. The van der Waals surface area contributed by atoms with Crippen LogP contribution in [0.4, 0.5) is 0 Å². The van der Waals surface area contributed by atoms with Crippen molar-refractivity contribution in [1.29, 1.82) is 0 Å². The summed E-state index contributed by atoms with van der Waals surface area (Å²) in [5, 5.41) is 9.48. The standard InChI is InChI=1S/C15H13ClO3/c1-19-13-5-2-10(3-6-13)14-7-4-12(16)8-11(14)9-15(17)18/h2-8H,9H2,1H3,(H,17,18). The van der Waals surface area contributed by atoms with Crippen LogP contribution in [0.25, 0.3) is 11.1 Å². The molecule has 0 radical (unpaired) electrons. The van der Waals surface area contributed by atoms with Gasteiger partial charge in [0.1, 0.15) is 5.75 Å². The molecule has 0 heterocycles. The first-order valence-corrected chi connectivity index (χ1v) is 6.12. The molecule has 0 atom stereocenters. The van der Waals surface area contributed by atoms with Gasteiger partial charge in [0.15, 0.2) is 0 Å². The maximum Gasteiger partial charge on any atom is 0.307 e. The lowest BCUT2D eigenvalue weighted by molar-refractivity contribution is -0.136. The molecule has 0 unspecified atom stereocenters. The van der Waals surface area contributed by atoms with E-state index in [0.29, 0.717) is 10.6 Å². The van der Waals surface area contributed by atoms with Crippen LogP contribution in [0.2, 0.25) is 5.02 Å². The largest absolute Gasteiger partial charge is 0.497 e. The Labute approximate surface area is 116 Å². The van der Waals surface area contributed by atoms with Gasteiger partial charge in [-0.3, -0.25) is 4.79 Å². The predicted octanol–water partition coefficient (Wildman–Crippen LogP) is 3.64. The average Bonchev–Trinajstić information content (AvgIpc) is 2.38. The van der Waals surface area contributed by atoms with E-state index < -0.39 is 5.97 Å². The van der Waals surface area contributed by atoms with E-state index in [0.717, 1.165) is 16.9 Å². The molecule has 19 heavy (non-hydrogen) atoms. The molecule has 0 aliphatic rings. The lowest BCUT2D eigenvalue weighted by Crippen LogP contribution is -2.01. The fourth-order valence-corrected chi connectivity index (χ4v) is 2.12. The topological polar surface area (TPSA) is 46.5 Å². The zero-order chi connectivity index (χ0) is 13.8.